The number of carbonyl (C=O) groups is 2. The molecule has 1 N–H and O–H groups in total. The topological polar surface area (TPSA) is 79.7 Å². The van der Waals surface area contributed by atoms with E-state index in [9.17, 15) is 14.7 Å². The van der Waals surface area contributed by atoms with Crippen molar-refractivity contribution in [1.82, 2.24) is 9.88 Å². The number of rotatable bonds is 7. The first-order valence-electron chi connectivity index (χ1n) is 12.1. The van der Waals surface area contributed by atoms with Crippen LogP contribution in [0.2, 0.25) is 0 Å². The predicted molar refractivity (Wildman–Crippen MR) is 153 cm³/mol. The van der Waals surface area contributed by atoms with Gasteiger partial charge < -0.3 is 14.7 Å². The van der Waals surface area contributed by atoms with Crippen LogP contribution in [-0.4, -0.2) is 26.7 Å². The third-order valence-electron chi connectivity index (χ3n) is 6.61. The Balaban J connectivity index is 1.47. The first-order chi connectivity index (χ1) is 18.4. The van der Waals surface area contributed by atoms with Crippen LogP contribution in [0.5, 0.6) is 5.75 Å². The lowest BCUT2D eigenvalue weighted by atomic mass is 9.95. The van der Waals surface area contributed by atoms with Crippen LogP contribution >= 0.6 is 22.6 Å². The summed E-state index contributed by atoms with van der Waals surface area (Å²) in [6.45, 7) is 2.67. The van der Waals surface area contributed by atoms with Gasteiger partial charge in [-0.25, -0.2) is 0 Å². The molecule has 38 heavy (non-hydrogen) atoms. The minimum Gasteiger partial charge on any atom is -0.507 e. The maximum absolute atomic E-state index is 13.3. The van der Waals surface area contributed by atoms with Crippen molar-refractivity contribution in [2.24, 2.45) is 0 Å². The summed E-state index contributed by atoms with van der Waals surface area (Å²) in [5.74, 6) is -0.934. The van der Waals surface area contributed by atoms with E-state index in [-0.39, 0.29) is 17.9 Å². The number of carbonyl (C=O) groups excluding carboxylic acids is 2. The molecule has 1 aromatic heterocycles. The molecule has 1 aliphatic heterocycles. The highest BCUT2D eigenvalue weighted by Gasteiger charge is 2.46. The second kappa shape index (κ2) is 11.2. The summed E-state index contributed by atoms with van der Waals surface area (Å²) < 4.78 is 6.95. The SMILES string of the molecule is Cc1ccccc1COc1ccc(C(O)=C2C(=O)C(=O)N(Cc3ccncc3)C2c2ccc(I)cc2)cc1. The summed E-state index contributed by atoms with van der Waals surface area (Å²) in [5.41, 5.74) is 4.33. The predicted octanol–water partition coefficient (Wildman–Crippen LogP) is 6.20. The van der Waals surface area contributed by atoms with Crippen LogP contribution in [0.4, 0.5) is 0 Å². The minimum absolute atomic E-state index is 0.0684. The number of nitrogens with zero attached hydrogens (tertiary/aromatic N) is 2. The maximum atomic E-state index is 13.3. The van der Waals surface area contributed by atoms with E-state index in [2.05, 4.69) is 27.6 Å². The largest absolute Gasteiger partial charge is 0.507 e. The Bertz CT molecular complexity index is 1500. The molecule has 3 aromatic carbocycles. The number of ketones is 1. The number of hydrogen-bond acceptors (Lipinski definition) is 5. The van der Waals surface area contributed by atoms with Gasteiger partial charge in [0.15, 0.2) is 0 Å². The van der Waals surface area contributed by atoms with Crippen molar-refractivity contribution in [3.8, 4) is 5.75 Å². The Morgan fingerprint density at radius 3 is 2.32 bits per heavy atom. The lowest BCUT2D eigenvalue weighted by molar-refractivity contribution is -0.140. The van der Waals surface area contributed by atoms with Gasteiger partial charge >= 0.3 is 0 Å². The van der Waals surface area contributed by atoms with Crippen molar-refractivity contribution in [3.05, 3.63) is 134 Å². The molecule has 0 radical (unpaired) electrons. The third kappa shape index (κ3) is 5.33. The summed E-state index contributed by atoms with van der Waals surface area (Å²) in [5, 5.41) is 11.3. The standard InChI is InChI=1S/C31H25IN2O4/c1-20-4-2-3-5-24(20)19-38-26-12-8-23(9-13-26)29(35)27-28(22-6-10-25(32)11-7-22)34(31(37)30(27)36)18-21-14-16-33-17-15-21/h2-17,28,35H,18-19H2,1H3. The molecule has 0 saturated carbocycles. The number of benzene rings is 3. The average Bonchev–Trinajstić information content (AvgIpc) is 3.18. The number of hydrogen-bond donors (Lipinski definition) is 1. The Kier molecular flexibility index (Phi) is 7.55. The Morgan fingerprint density at radius 1 is 0.947 bits per heavy atom. The zero-order valence-corrected chi connectivity index (χ0v) is 22.8. The fourth-order valence-corrected chi connectivity index (χ4v) is 4.88. The number of likely N-dealkylation sites (tertiary alicyclic amines) is 1. The summed E-state index contributed by atoms with van der Waals surface area (Å²) in [6, 6.07) is 25.4. The molecule has 2 heterocycles. The first-order valence-corrected chi connectivity index (χ1v) is 13.2. The van der Waals surface area contributed by atoms with E-state index in [1.54, 1.807) is 48.8 Å². The van der Waals surface area contributed by atoms with Gasteiger partial charge in [0.2, 0.25) is 0 Å². The molecule has 1 fully saturated rings. The van der Waals surface area contributed by atoms with Crippen LogP contribution in [0.25, 0.3) is 5.76 Å². The van der Waals surface area contributed by atoms with E-state index < -0.39 is 17.7 Å². The number of amides is 1. The number of aryl methyl sites for hydroxylation is 1. The molecule has 1 aliphatic rings. The Morgan fingerprint density at radius 2 is 1.63 bits per heavy atom. The molecule has 1 amide bonds. The zero-order chi connectivity index (χ0) is 26.6. The lowest BCUT2D eigenvalue weighted by Gasteiger charge is -2.25. The molecule has 5 rings (SSSR count). The second-order valence-electron chi connectivity index (χ2n) is 9.07. The van der Waals surface area contributed by atoms with Gasteiger partial charge in [-0.15, -0.1) is 0 Å². The number of halogens is 1. The molecule has 7 heteroatoms. The van der Waals surface area contributed by atoms with Crippen LogP contribution < -0.4 is 4.74 Å². The summed E-state index contributed by atoms with van der Waals surface area (Å²) in [6.07, 6.45) is 3.29. The van der Waals surface area contributed by atoms with Crippen LogP contribution in [-0.2, 0) is 22.7 Å². The van der Waals surface area contributed by atoms with Gasteiger partial charge in [0.05, 0.1) is 11.6 Å². The second-order valence-corrected chi connectivity index (χ2v) is 10.3. The van der Waals surface area contributed by atoms with E-state index in [1.807, 2.05) is 55.5 Å². The van der Waals surface area contributed by atoms with E-state index in [1.165, 1.54) is 4.90 Å². The zero-order valence-electron chi connectivity index (χ0n) is 20.7. The summed E-state index contributed by atoms with van der Waals surface area (Å²) in [4.78, 5) is 32.0. The molecule has 0 spiro atoms. The van der Waals surface area contributed by atoms with Crippen LogP contribution in [0.15, 0.2) is 103 Å². The number of aliphatic hydroxyl groups excluding tert-OH is 1. The summed E-state index contributed by atoms with van der Waals surface area (Å²) >= 11 is 2.21. The van der Waals surface area contributed by atoms with Gasteiger partial charge in [-0.05, 0) is 100 Å². The molecule has 1 unspecified atom stereocenters. The van der Waals surface area contributed by atoms with Crippen LogP contribution in [0.3, 0.4) is 0 Å². The van der Waals surface area contributed by atoms with E-state index in [0.717, 1.165) is 25.8 Å². The average molecular weight is 616 g/mol. The smallest absolute Gasteiger partial charge is 0.295 e. The van der Waals surface area contributed by atoms with Crippen molar-refractivity contribution in [2.45, 2.75) is 26.1 Å². The van der Waals surface area contributed by atoms with E-state index in [4.69, 9.17) is 4.74 Å². The fraction of sp³-hybridized carbons (Fsp3) is 0.129. The molecule has 190 valence electrons. The van der Waals surface area contributed by atoms with E-state index in [0.29, 0.717) is 17.9 Å². The Hall–Kier alpha value is -3.98. The number of Topliss-reactive ketones (excluding diaryl/α,β-unsaturated/α-hetero) is 1. The summed E-state index contributed by atoms with van der Waals surface area (Å²) in [7, 11) is 0. The highest BCUT2D eigenvalue weighted by Crippen LogP contribution is 2.40. The van der Waals surface area contributed by atoms with Crippen molar-refractivity contribution >= 4 is 40.0 Å². The third-order valence-corrected chi connectivity index (χ3v) is 7.33. The number of aliphatic hydroxyl groups is 1. The van der Waals surface area contributed by atoms with Crippen LogP contribution in [0.1, 0.15) is 33.9 Å². The molecular weight excluding hydrogens is 591 g/mol. The van der Waals surface area contributed by atoms with Crippen molar-refractivity contribution in [3.63, 3.8) is 0 Å². The molecule has 4 aromatic rings. The normalized spacial score (nSPS) is 16.6. The fourth-order valence-electron chi connectivity index (χ4n) is 4.52. The van der Waals surface area contributed by atoms with Crippen LogP contribution in [0, 0.1) is 10.5 Å². The van der Waals surface area contributed by atoms with Crippen molar-refractivity contribution in [1.29, 1.82) is 0 Å². The highest BCUT2D eigenvalue weighted by molar-refractivity contribution is 14.1. The molecule has 1 atom stereocenters. The van der Waals surface area contributed by atoms with Gasteiger partial charge in [0, 0.05) is 28.1 Å². The van der Waals surface area contributed by atoms with Gasteiger partial charge in [-0.1, -0.05) is 36.4 Å². The minimum atomic E-state index is -0.725. The molecule has 6 nitrogen and oxygen atoms in total. The Labute approximate surface area is 234 Å². The van der Waals surface area contributed by atoms with Gasteiger partial charge in [-0.3, -0.25) is 14.6 Å². The van der Waals surface area contributed by atoms with Gasteiger partial charge in [0.25, 0.3) is 11.7 Å². The number of aromatic nitrogens is 1. The highest BCUT2D eigenvalue weighted by atomic mass is 127. The molecule has 0 aliphatic carbocycles. The number of pyridine rings is 1. The lowest BCUT2D eigenvalue weighted by Crippen LogP contribution is -2.29. The van der Waals surface area contributed by atoms with Crippen molar-refractivity contribution < 1.29 is 19.4 Å². The maximum Gasteiger partial charge on any atom is 0.295 e. The first kappa shape index (κ1) is 25.7. The number of ether oxygens (including phenoxy) is 1. The van der Waals surface area contributed by atoms with Gasteiger partial charge in [-0.2, -0.15) is 0 Å². The quantitative estimate of drug-likeness (QED) is 0.116. The van der Waals surface area contributed by atoms with E-state index >= 15 is 0 Å². The monoisotopic (exact) mass is 616 g/mol. The van der Waals surface area contributed by atoms with Crippen molar-refractivity contribution in [2.75, 3.05) is 0 Å². The molecular formula is C31H25IN2O4. The molecule has 1 saturated heterocycles. The molecule has 0 bridgehead atoms. The van der Waals surface area contributed by atoms with Gasteiger partial charge in [0.1, 0.15) is 18.1 Å².